The molecule has 2 N–H and O–H groups in total. The average molecular weight is 429 g/mol. The van der Waals surface area contributed by atoms with Gasteiger partial charge in [-0.25, -0.2) is 13.1 Å². The van der Waals surface area contributed by atoms with E-state index in [1.807, 2.05) is 0 Å². The number of carbonyl (C=O) groups excluding carboxylic acids is 1. The highest BCUT2D eigenvalue weighted by Crippen LogP contribution is 2.39. The number of benzene rings is 2. The molecule has 0 fully saturated rings. The Morgan fingerprint density at radius 3 is 2.21 bits per heavy atom. The highest BCUT2D eigenvalue weighted by Gasteiger charge is 2.16. The Balaban J connectivity index is 1.99. The summed E-state index contributed by atoms with van der Waals surface area (Å²) < 4.78 is 42.5. The second-order valence-electron chi connectivity index (χ2n) is 5.57. The zero-order valence-corrected chi connectivity index (χ0v) is 17.2. The maximum atomic E-state index is 12.2. The normalized spacial score (nSPS) is 11.0. The van der Waals surface area contributed by atoms with E-state index in [9.17, 15) is 13.2 Å². The largest absolute Gasteiger partial charge is 0.493 e. The van der Waals surface area contributed by atoms with Crippen LogP contribution in [0.3, 0.4) is 0 Å². The van der Waals surface area contributed by atoms with E-state index in [0.717, 1.165) is 0 Å². The Hall–Kier alpha value is -2.49. The first-order chi connectivity index (χ1) is 13.3. The summed E-state index contributed by atoms with van der Waals surface area (Å²) in [5.41, 5.74) is 0.428. The Kier molecular flexibility index (Phi) is 7.50. The molecular formula is C18H21ClN2O6S. The van der Waals surface area contributed by atoms with Gasteiger partial charge in [-0.3, -0.25) is 4.79 Å². The van der Waals surface area contributed by atoms with Crippen molar-refractivity contribution < 1.29 is 27.4 Å². The third-order valence-corrected chi connectivity index (χ3v) is 5.39. The smallest absolute Gasteiger partial charge is 0.240 e. The summed E-state index contributed by atoms with van der Waals surface area (Å²) in [4.78, 5) is 12.2. The highest BCUT2D eigenvalue weighted by molar-refractivity contribution is 7.89. The van der Waals surface area contributed by atoms with Gasteiger partial charge in [0.2, 0.25) is 21.7 Å². The molecule has 2 aromatic carbocycles. The molecule has 2 aromatic rings. The van der Waals surface area contributed by atoms with Crippen LogP contribution in [0.5, 0.6) is 17.2 Å². The molecule has 2 rings (SSSR count). The van der Waals surface area contributed by atoms with Crippen LogP contribution in [0.4, 0.5) is 5.69 Å². The minimum absolute atomic E-state index is 0.0324. The second-order valence-corrected chi connectivity index (χ2v) is 7.77. The van der Waals surface area contributed by atoms with E-state index in [0.29, 0.717) is 28.0 Å². The van der Waals surface area contributed by atoms with Crippen LogP contribution in [-0.2, 0) is 14.8 Å². The van der Waals surface area contributed by atoms with Gasteiger partial charge in [0.25, 0.3) is 0 Å². The van der Waals surface area contributed by atoms with Crippen molar-refractivity contribution in [2.45, 2.75) is 11.3 Å². The molecule has 0 aromatic heterocycles. The molecule has 0 radical (unpaired) electrons. The van der Waals surface area contributed by atoms with E-state index in [1.165, 1.54) is 39.5 Å². The van der Waals surface area contributed by atoms with Gasteiger partial charge in [-0.2, -0.15) is 0 Å². The first kappa shape index (κ1) is 21.8. The van der Waals surface area contributed by atoms with E-state index < -0.39 is 10.0 Å². The van der Waals surface area contributed by atoms with Crippen LogP contribution in [0.25, 0.3) is 0 Å². The molecule has 0 saturated heterocycles. The van der Waals surface area contributed by atoms with Crippen LogP contribution in [0.15, 0.2) is 41.3 Å². The number of nitrogens with one attached hydrogen (secondary N) is 2. The molecule has 0 heterocycles. The first-order valence-corrected chi connectivity index (χ1v) is 10.0. The van der Waals surface area contributed by atoms with Crippen LogP contribution in [0.1, 0.15) is 6.42 Å². The van der Waals surface area contributed by atoms with Crippen LogP contribution in [0, 0.1) is 0 Å². The number of hydrogen-bond donors (Lipinski definition) is 2. The third kappa shape index (κ3) is 5.51. The molecule has 152 valence electrons. The van der Waals surface area contributed by atoms with E-state index in [4.69, 9.17) is 25.8 Å². The Bertz CT molecular complexity index is 924. The van der Waals surface area contributed by atoms with Crippen LogP contribution in [-0.4, -0.2) is 42.2 Å². The molecule has 0 aliphatic heterocycles. The lowest BCUT2D eigenvalue weighted by atomic mass is 10.2. The molecule has 0 bridgehead atoms. The molecule has 10 heteroatoms. The lowest BCUT2D eigenvalue weighted by Gasteiger charge is -2.14. The van der Waals surface area contributed by atoms with E-state index in [1.54, 1.807) is 18.2 Å². The number of carbonyl (C=O) groups is 1. The Morgan fingerprint density at radius 1 is 1.04 bits per heavy atom. The molecule has 0 aliphatic carbocycles. The van der Waals surface area contributed by atoms with Gasteiger partial charge in [-0.1, -0.05) is 17.7 Å². The van der Waals surface area contributed by atoms with Crippen molar-refractivity contribution in [3.63, 3.8) is 0 Å². The van der Waals surface area contributed by atoms with Gasteiger partial charge in [0.1, 0.15) is 0 Å². The number of rotatable bonds is 9. The molecule has 0 atom stereocenters. The number of ether oxygens (including phenoxy) is 3. The predicted octanol–water partition coefficient (Wildman–Crippen LogP) is 2.67. The average Bonchev–Trinajstić information content (AvgIpc) is 2.66. The molecule has 28 heavy (non-hydrogen) atoms. The van der Waals surface area contributed by atoms with Crippen molar-refractivity contribution in [1.29, 1.82) is 0 Å². The second kappa shape index (κ2) is 9.63. The minimum Gasteiger partial charge on any atom is -0.493 e. The SMILES string of the molecule is COc1cc(NC(=O)CCNS(=O)(=O)c2cccc(Cl)c2)cc(OC)c1OC. The van der Waals surface area contributed by atoms with Gasteiger partial charge >= 0.3 is 0 Å². The van der Waals surface area contributed by atoms with Gasteiger partial charge < -0.3 is 19.5 Å². The summed E-state index contributed by atoms with van der Waals surface area (Å²) in [6.45, 7) is -0.0783. The fourth-order valence-corrected chi connectivity index (χ4v) is 3.73. The number of hydrogen-bond acceptors (Lipinski definition) is 6. The third-order valence-electron chi connectivity index (χ3n) is 3.70. The van der Waals surface area contributed by atoms with Gasteiger partial charge in [-0.05, 0) is 18.2 Å². The standard InChI is InChI=1S/C18H21ClN2O6S/c1-25-15-10-13(11-16(26-2)18(15)27-3)21-17(22)7-8-20-28(23,24)14-6-4-5-12(19)9-14/h4-6,9-11,20H,7-8H2,1-3H3,(H,21,22). The Labute approximate surface area is 168 Å². The number of amides is 1. The van der Waals surface area contributed by atoms with Gasteiger partial charge in [0.05, 0.1) is 26.2 Å². The fourth-order valence-electron chi connectivity index (χ4n) is 2.39. The maximum absolute atomic E-state index is 12.2. The number of sulfonamides is 1. The van der Waals surface area contributed by atoms with E-state index in [-0.39, 0.29) is 23.8 Å². The van der Waals surface area contributed by atoms with Crippen molar-refractivity contribution >= 4 is 33.2 Å². The predicted molar refractivity (Wildman–Crippen MR) is 106 cm³/mol. The minimum atomic E-state index is -3.75. The summed E-state index contributed by atoms with van der Waals surface area (Å²) in [6.07, 6.45) is -0.0730. The molecule has 0 unspecified atom stereocenters. The van der Waals surface area contributed by atoms with Gasteiger partial charge in [0.15, 0.2) is 11.5 Å². The molecule has 0 saturated carbocycles. The van der Waals surface area contributed by atoms with Gasteiger partial charge in [-0.15, -0.1) is 0 Å². The summed E-state index contributed by atoms with van der Waals surface area (Å²) in [6, 6.07) is 9.02. The summed E-state index contributed by atoms with van der Waals surface area (Å²) in [7, 11) is 0.656. The van der Waals surface area contributed by atoms with Crippen molar-refractivity contribution in [2.75, 3.05) is 33.2 Å². The summed E-state index contributed by atoms with van der Waals surface area (Å²) in [5.74, 6) is 0.790. The van der Waals surface area contributed by atoms with Crippen LogP contribution < -0.4 is 24.2 Å². The lowest BCUT2D eigenvalue weighted by Crippen LogP contribution is -2.27. The molecule has 8 nitrogen and oxygen atoms in total. The zero-order valence-electron chi connectivity index (χ0n) is 15.6. The maximum Gasteiger partial charge on any atom is 0.240 e. The number of halogens is 1. The van der Waals surface area contributed by atoms with Crippen molar-refractivity contribution in [3.05, 3.63) is 41.4 Å². The lowest BCUT2D eigenvalue weighted by molar-refractivity contribution is -0.116. The molecule has 0 spiro atoms. The first-order valence-electron chi connectivity index (χ1n) is 8.15. The number of methoxy groups -OCH3 is 3. The quantitative estimate of drug-likeness (QED) is 0.636. The van der Waals surface area contributed by atoms with Crippen LogP contribution >= 0.6 is 11.6 Å². The highest BCUT2D eigenvalue weighted by atomic mass is 35.5. The monoisotopic (exact) mass is 428 g/mol. The van der Waals surface area contributed by atoms with E-state index >= 15 is 0 Å². The topological polar surface area (TPSA) is 103 Å². The molecule has 0 aliphatic rings. The van der Waals surface area contributed by atoms with Crippen molar-refractivity contribution in [3.8, 4) is 17.2 Å². The number of anilines is 1. The van der Waals surface area contributed by atoms with Crippen molar-refractivity contribution in [1.82, 2.24) is 4.72 Å². The fraction of sp³-hybridized carbons (Fsp3) is 0.278. The molecular weight excluding hydrogens is 408 g/mol. The van der Waals surface area contributed by atoms with Gasteiger partial charge in [0, 0.05) is 35.8 Å². The van der Waals surface area contributed by atoms with E-state index in [2.05, 4.69) is 10.0 Å². The molecule has 1 amide bonds. The zero-order chi connectivity index (χ0) is 20.7. The Morgan fingerprint density at radius 2 is 1.68 bits per heavy atom. The van der Waals surface area contributed by atoms with Crippen molar-refractivity contribution in [2.24, 2.45) is 0 Å². The van der Waals surface area contributed by atoms with Crippen LogP contribution in [0.2, 0.25) is 5.02 Å². The summed E-state index contributed by atoms with van der Waals surface area (Å²) in [5, 5.41) is 2.98. The summed E-state index contributed by atoms with van der Waals surface area (Å²) >= 11 is 5.81.